The number of aromatic nitrogens is 2. The minimum Gasteiger partial charge on any atom is -0.366 e. The first kappa shape index (κ1) is 20.5. The summed E-state index contributed by atoms with van der Waals surface area (Å²) in [5, 5.41) is 9.91. The van der Waals surface area contributed by atoms with Gasteiger partial charge in [-0.1, -0.05) is 0 Å². The zero-order chi connectivity index (χ0) is 21.8. The highest BCUT2D eigenvalue weighted by molar-refractivity contribution is 5.79. The van der Waals surface area contributed by atoms with E-state index < -0.39 is 11.9 Å². The number of halogens is 3. The van der Waals surface area contributed by atoms with E-state index in [1.54, 1.807) is 4.90 Å². The van der Waals surface area contributed by atoms with E-state index in [-0.39, 0.29) is 36.1 Å². The van der Waals surface area contributed by atoms with Crippen molar-refractivity contribution in [2.45, 2.75) is 44.0 Å². The summed E-state index contributed by atoms with van der Waals surface area (Å²) in [6.07, 6.45) is -1.30. The Hall–Kier alpha value is -2.43. The number of rotatable bonds is 2. The van der Waals surface area contributed by atoms with Crippen LogP contribution >= 0.6 is 0 Å². The number of piperidine rings is 1. The van der Waals surface area contributed by atoms with Crippen LogP contribution in [0.5, 0.6) is 0 Å². The molecule has 8 nitrogen and oxygen atoms in total. The molecule has 5 rings (SSSR count). The fraction of sp³-hybridized carbons (Fsp3) is 0.700. The molecule has 4 fully saturated rings. The molecule has 1 N–H and O–H groups in total. The predicted molar refractivity (Wildman–Crippen MR) is 101 cm³/mol. The number of amides is 3. The number of hydrogen-bond acceptors (Lipinski definition) is 5. The van der Waals surface area contributed by atoms with Crippen LogP contribution in [-0.4, -0.2) is 76.9 Å². The fourth-order valence-electron chi connectivity index (χ4n) is 5.46. The van der Waals surface area contributed by atoms with Gasteiger partial charge in [-0.25, -0.2) is 4.79 Å². The molecule has 168 valence electrons. The third kappa shape index (κ3) is 3.95. The van der Waals surface area contributed by atoms with Gasteiger partial charge in [-0.15, -0.1) is 5.10 Å². The zero-order valence-corrected chi connectivity index (χ0v) is 16.9. The van der Waals surface area contributed by atoms with Crippen LogP contribution in [0.25, 0.3) is 0 Å². The molecule has 0 unspecified atom stereocenters. The molecule has 0 bridgehead atoms. The van der Waals surface area contributed by atoms with E-state index >= 15 is 0 Å². The highest BCUT2D eigenvalue weighted by Gasteiger charge is 2.54. The number of nitrogens with one attached hydrogen (secondary N) is 1. The molecule has 31 heavy (non-hydrogen) atoms. The quantitative estimate of drug-likeness (QED) is 0.754. The van der Waals surface area contributed by atoms with Gasteiger partial charge in [0, 0.05) is 31.6 Å². The molecule has 3 amide bonds. The van der Waals surface area contributed by atoms with Crippen LogP contribution in [0, 0.1) is 11.3 Å². The summed E-state index contributed by atoms with van der Waals surface area (Å²) < 4.78 is 43.3. The number of morpholine rings is 1. The molecule has 1 aliphatic carbocycles. The average Bonchev–Trinajstić information content (AvgIpc) is 2.67. The molecule has 1 aromatic heterocycles. The Morgan fingerprint density at radius 3 is 2.68 bits per heavy atom. The van der Waals surface area contributed by atoms with E-state index in [0.717, 1.165) is 18.9 Å². The van der Waals surface area contributed by atoms with Crippen LogP contribution in [-0.2, 0) is 22.1 Å². The molecule has 4 heterocycles. The van der Waals surface area contributed by atoms with Gasteiger partial charge in [0.15, 0.2) is 5.69 Å². The van der Waals surface area contributed by atoms with Crippen LogP contribution in [0.2, 0.25) is 0 Å². The molecule has 0 aromatic carbocycles. The lowest BCUT2D eigenvalue weighted by molar-refractivity contribution is -0.142. The second-order valence-electron chi connectivity index (χ2n) is 9.28. The van der Waals surface area contributed by atoms with Gasteiger partial charge >= 0.3 is 12.2 Å². The lowest BCUT2D eigenvalue weighted by atomic mass is 9.57. The smallest absolute Gasteiger partial charge is 0.366 e. The van der Waals surface area contributed by atoms with Crippen LogP contribution in [0.4, 0.5) is 18.0 Å². The molecule has 0 radical (unpaired) electrons. The van der Waals surface area contributed by atoms with Crippen LogP contribution in [0.1, 0.15) is 30.7 Å². The minimum absolute atomic E-state index is 0.000883. The highest BCUT2D eigenvalue weighted by Crippen LogP contribution is 2.53. The Kier molecular flexibility index (Phi) is 4.83. The number of likely N-dealkylation sites (tertiary alicyclic amines) is 2. The summed E-state index contributed by atoms with van der Waals surface area (Å²) in [4.78, 5) is 28.0. The maximum absolute atomic E-state index is 12.8. The van der Waals surface area contributed by atoms with E-state index in [9.17, 15) is 22.8 Å². The summed E-state index contributed by atoms with van der Waals surface area (Å²) in [5.41, 5.74) is -0.280. The SMILES string of the molecule is O=C1CO[C@H]2CCN(C(=O)N3CC4(CC(Cc5ccc(C(F)(F)F)nn5)C4)C3)C[C@H]2N1. The summed E-state index contributed by atoms with van der Waals surface area (Å²) in [5.74, 6) is 0.213. The van der Waals surface area contributed by atoms with Gasteiger partial charge in [-0.05, 0) is 43.7 Å². The molecule has 1 spiro atoms. The average molecular weight is 439 g/mol. The first-order valence-corrected chi connectivity index (χ1v) is 10.6. The van der Waals surface area contributed by atoms with Crippen molar-refractivity contribution in [1.29, 1.82) is 0 Å². The Labute approximate surface area is 177 Å². The Bertz CT molecular complexity index is 864. The molecule has 3 aliphatic heterocycles. The first-order valence-electron chi connectivity index (χ1n) is 10.6. The number of ether oxygens (including phenoxy) is 1. The second-order valence-corrected chi connectivity index (χ2v) is 9.28. The Balaban J connectivity index is 1.08. The summed E-state index contributed by atoms with van der Waals surface area (Å²) in [6, 6.07) is 2.23. The molecule has 3 saturated heterocycles. The maximum atomic E-state index is 12.8. The van der Waals surface area contributed by atoms with Gasteiger partial charge in [0.2, 0.25) is 5.91 Å². The first-order chi connectivity index (χ1) is 14.7. The van der Waals surface area contributed by atoms with E-state index in [4.69, 9.17) is 4.74 Å². The normalized spacial score (nSPS) is 27.9. The number of carbonyl (C=O) groups is 2. The summed E-state index contributed by atoms with van der Waals surface area (Å²) >= 11 is 0. The molecule has 4 aliphatic rings. The van der Waals surface area contributed by atoms with E-state index in [1.165, 1.54) is 6.07 Å². The van der Waals surface area contributed by atoms with Crippen molar-refractivity contribution in [3.05, 3.63) is 23.5 Å². The Morgan fingerprint density at radius 1 is 1.23 bits per heavy atom. The standard InChI is InChI=1S/C20H24F3N5O3/c21-20(22,23)16-2-1-13(25-26-16)5-12-6-19(7-12)10-28(11-19)18(30)27-4-3-15-14(8-27)24-17(29)9-31-15/h1-2,12,14-15H,3-11H2,(H,24,29)/t14-,15+/m1/s1. The van der Waals surface area contributed by atoms with Crippen LogP contribution < -0.4 is 5.32 Å². The molecular formula is C20H24F3N5O3. The summed E-state index contributed by atoms with van der Waals surface area (Å²) in [6.45, 7) is 2.58. The zero-order valence-electron chi connectivity index (χ0n) is 16.9. The predicted octanol–water partition coefficient (Wildman–Crippen LogP) is 1.46. The molecule has 2 atom stereocenters. The topological polar surface area (TPSA) is 87.7 Å². The highest BCUT2D eigenvalue weighted by atomic mass is 19.4. The van der Waals surface area contributed by atoms with Crippen molar-refractivity contribution in [3.8, 4) is 0 Å². The fourth-order valence-corrected chi connectivity index (χ4v) is 5.46. The monoisotopic (exact) mass is 439 g/mol. The van der Waals surface area contributed by atoms with Crippen molar-refractivity contribution in [3.63, 3.8) is 0 Å². The largest absolute Gasteiger partial charge is 0.435 e. The van der Waals surface area contributed by atoms with Gasteiger partial charge < -0.3 is 19.9 Å². The third-order valence-corrected chi connectivity index (χ3v) is 6.87. The Morgan fingerprint density at radius 2 is 2.00 bits per heavy atom. The lowest BCUT2D eigenvalue weighted by Gasteiger charge is -2.60. The van der Waals surface area contributed by atoms with E-state index in [0.29, 0.717) is 50.6 Å². The van der Waals surface area contributed by atoms with Crippen molar-refractivity contribution in [2.24, 2.45) is 11.3 Å². The van der Waals surface area contributed by atoms with Gasteiger partial charge in [-0.3, -0.25) is 4.79 Å². The minimum atomic E-state index is -4.47. The number of alkyl halides is 3. The number of carbonyl (C=O) groups excluding carboxylic acids is 2. The van der Waals surface area contributed by atoms with Crippen molar-refractivity contribution in [1.82, 2.24) is 25.3 Å². The summed E-state index contributed by atoms with van der Waals surface area (Å²) in [7, 11) is 0. The third-order valence-electron chi connectivity index (χ3n) is 6.87. The number of fused-ring (bicyclic) bond motifs is 1. The van der Waals surface area contributed by atoms with E-state index in [2.05, 4.69) is 15.5 Å². The van der Waals surface area contributed by atoms with Gasteiger partial charge in [0.1, 0.15) is 6.61 Å². The van der Waals surface area contributed by atoms with Gasteiger partial charge in [0.05, 0.1) is 17.8 Å². The number of urea groups is 1. The number of hydrogen-bond donors (Lipinski definition) is 1. The lowest BCUT2D eigenvalue weighted by Crippen LogP contribution is -2.68. The van der Waals surface area contributed by atoms with Crippen LogP contribution in [0.15, 0.2) is 12.1 Å². The maximum Gasteiger partial charge on any atom is 0.435 e. The second kappa shape index (κ2) is 7.32. The van der Waals surface area contributed by atoms with E-state index in [1.807, 2.05) is 4.90 Å². The van der Waals surface area contributed by atoms with Crippen molar-refractivity contribution >= 4 is 11.9 Å². The van der Waals surface area contributed by atoms with Crippen molar-refractivity contribution < 1.29 is 27.5 Å². The molecule has 1 aromatic rings. The van der Waals surface area contributed by atoms with Crippen LogP contribution in [0.3, 0.4) is 0 Å². The van der Waals surface area contributed by atoms with Gasteiger partial charge in [0.25, 0.3) is 0 Å². The molecule has 11 heteroatoms. The van der Waals surface area contributed by atoms with Gasteiger partial charge in [-0.2, -0.15) is 18.3 Å². The van der Waals surface area contributed by atoms with Crippen molar-refractivity contribution in [2.75, 3.05) is 32.8 Å². The molecular weight excluding hydrogens is 415 g/mol. The number of nitrogens with zero attached hydrogens (tertiary/aromatic N) is 4. The molecule has 1 saturated carbocycles.